The summed E-state index contributed by atoms with van der Waals surface area (Å²) < 4.78 is 62.6. The van der Waals surface area contributed by atoms with E-state index in [2.05, 4.69) is 48.3 Å². The van der Waals surface area contributed by atoms with E-state index >= 15 is 0 Å². The van der Waals surface area contributed by atoms with Crippen molar-refractivity contribution >= 4 is 69.1 Å². The van der Waals surface area contributed by atoms with Crippen LogP contribution in [0.2, 0.25) is 0 Å². The third-order valence-corrected chi connectivity index (χ3v) is 16.7. The average molecular weight is 1150 g/mol. The second kappa shape index (κ2) is 34.5. The van der Waals surface area contributed by atoms with E-state index in [-0.39, 0.29) is 41.6 Å². The van der Waals surface area contributed by atoms with Gasteiger partial charge in [-0.05, 0) is 12.3 Å². The van der Waals surface area contributed by atoms with Crippen LogP contribution in [0.1, 0.15) is 182 Å². The van der Waals surface area contributed by atoms with Crippen molar-refractivity contribution in [3.8, 4) is 0 Å². The number of unbranched alkanes of at least 4 members (excludes halogenated alkanes) is 19. The Morgan fingerprint density at radius 2 is 1.31 bits per heavy atom. The number of nitrogen functional groups attached to an aromatic ring is 1. The van der Waals surface area contributed by atoms with Crippen LogP contribution in [-0.4, -0.2) is 123 Å². The van der Waals surface area contributed by atoms with Gasteiger partial charge in [-0.2, -0.15) is 4.31 Å². The number of anilines is 1. The fourth-order valence-corrected chi connectivity index (χ4v) is 11.9. The highest BCUT2D eigenvalue weighted by molar-refractivity contribution is 8.13. The van der Waals surface area contributed by atoms with Gasteiger partial charge in [-0.15, -0.1) is 0 Å². The molecule has 3 heterocycles. The van der Waals surface area contributed by atoms with Gasteiger partial charge in [0.15, 0.2) is 22.8 Å². The van der Waals surface area contributed by atoms with Crippen LogP contribution >= 0.6 is 35.2 Å². The maximum atomic E-state index is 12.8. The normalized spacial score (nSPS) is 19.3. The summed E-state index contributed by atoms with van der Waals surface area (Å²) in [6, 6.07) is 0. The average Bonchev–Trinajstić information content (AvgIpc) is 3.89. The van der Waals surface area contributed by atoms with E-state index in [9.17, 15) is 57.9 Å². The Labute approximate surface area is 446 Å². The topological polar surface area (TPSA) is 364 Å². The summed E-state index contributed by atoms with van der Waals surface area (Å²) in [6.07, 6.45) is 21.0. The molecule has 0 spiro atoms. The molecule has 0 aliphatic carbocycles. The third-order valence-electron chi connectivity index (χ3n) is 12.7. The molecule has 0 saturated carbocycles. The number of carbonyl (C=O) groups is 3. The van der Waals surface area contributed by atoms with Crippen molar-refractivity contribution in [2.75, 3.05) is 37.8 Å². The summed E-state index contributed by atoms with van der Waals surface area (Å²) in [6.45, 7) is 5.21. The lowest BCUT2D eigenvalue weighted by atomic mass is 9.87. The second-order valence-electron chi connectivity index (χ2n) is 20.3. The van der Waals surface area contributed by atoms with Crippen molar-refractivity contribution in [2.45, 2.75) is 206 Å². The number of aliphatic hydroxyl groups is 2. The third kappa shape index (κ3) is 27.3. The number of phosphoric ester groups is 3. The fraction of sp³-hybridized carbons (Fsp3) is 0.830. The Morgan fingerprint density at radius 1 is 0.773 bits per heavy atom. The molecule has 2 unspecified atom stereocenters. The molecule has 2 aromatic heterocycles. The van der Waals surface area contributed by atoms with E-state index < -0.39 is 84.6 Å². The molecule has 0 bridgehead atoms. The predicted octanol–water partition coefficient (Wildman–Crippen LogP) is 7.90. The Morgan fingerprint density at radius 3 is 1.85 bits per heavy atom. The first-order chi connectivity index (χ1) is 35.4. The molecule has 10 N–H and O–H groups in total. The van der Waals surface area contributed by atoms with Crippen LogP contribution in [-0.2, 0) is 50.7 Å². The summed E-state index contributed by atoms with van der Waals surface area (Å²) in [5.41, 5.74) is 4.30. The number of carbonyl (C=O) groups excluding carboxylic acids is 3. The Hall–Kier alpha value is -2.44. The maximum absolute atomic E-state index is 12.8. The van der Waals surface area contributed by atoms with Gasteiger partial charge in [0, 0.05) is 37.1 Å². The van der Waals surface area contributed by atoms with Crippen LogP contribution in [0.4, 0.5) is 5.82 Å². The molecular formula is C47H86N7O17P3S. The van der Waals surface area contributed by atoms with Gasteiger partial charge in [0.1, 0.15) is 36.3 Å². The standard InChI is InChI=1S/C47H86N7O17P3S/c1-35(2)25-23-21-19-17-15-13-11-9-7-5-6-8-10-12-14-16-18-20-22-24-26-38(56)75-30-29-49-37(55)27-28-50-45(59)42(58)47(3,4)32-68-74(65,66)71-73(63,64)67-31-36-41(70-72(60,61)62)40(57)46(69-36)54-34-53-39-43(48)51-33-52-44(39)54/h33-36,40-42,46,57-58H,5-32H2,1-4H3,(H,49,55)(H,50,59)(H,63,64)(H,65,66)(H2,48,51,52)(H2,60,61,62)/t36-,40-,41-,42+,46-/m1/s1. The first-order valence-electron chi connectivity index (χ1n) is 26.5. The highest BCUT2D eigenvalue weighted by atomic mass is 32.2. The molecule has 3 rings (SSSR count). The van der Waals surface area contributed by atoms with Gasteiger partial charge >= 0.3 is 23.5 Å². The number of nitrogens with two attached hydrogens (primary N) is 1. The number of ether oxygens (including phenoxy) is 1. The smallest absolute Gasteiger partial charge is 0.386 e. The van der Waals surface area contributed by atoms with Gasteiger partial charge in [0.25, 0.3) is 0 Å². The van der Waals surface area contributed by atoms with Crippen molar-refractivity contribution in [3.05, 3.63) is 12.7 Å². The zero-order chi connectivity index (χ0) is 55.5. The van der Waals surface area contributed by atoms with E-state index in [0.717, 1.165) is 54.2 Å². The number of aromatic nitrogens is 4. The number of hydrogen-bond acceptors (Lipinski definition) is 18. The van der Waals surface area contributed by atoms with Crippen LogP contribution in [0.5, 0.6) is 0 Å². The molecule has 0 aromatic carbocycles. The van der Waals surface area contributed by atoms with Crippen LogP contribution in [0.25, 0.3) is 11.2 Å². The van der Waals surface area contributed by atoms with Gasteiger partial charge in [0.05, 0.1) is 19.5 Å². The van der Waals surface area contributed by atoms with Gasteiger partial charge in [-0.1, -0.05) is 168 Å². The number of imidazole rings is 1. The second-order valence-corrected chi connectivity index (χ2v) is 25.7. The zero-order valence-corrected chi connectivity index (χ0v) is 47.7. The Bertz CT molecular complexity index is 2150. The lowest BCUT2D eigenvalue weighted by molar-refractivity contribution is -0.137. The number of amides is 2. The van der Waals surface area contributed by atoms with Crippen LogP contribution in [0.3, 0.4) is 0 Å². The molecule has 1 fully saturated rings. The maximum Gasteiger partial charge on any atom is 0.481 e. The first kappa shape index (κ1) is 66.8. The minimum Gasteiger partial charge on any atom is -0.386 e. The lowest BCUT2D eigenvalue weighted by Gasteiger charge is -2.30. The molecule has 24 nitrogen and oxygen atoms in total. The molecule has 1 aliphatic heterocycles. The highest BCUT2D eigenvalue weighted by Gasteiger charge is 2.50. The molecule has 2 aromatic rings. The van der Waals surface area contributed by atoms with Gasteiger partial charge in [-0.25, -0.2) is 28.6 Å². The number of phosphoric acid groups is 3. The van der Waals surface area contributed by atoms with Gasteiger partial charge in [0.2, 0.25) is 11.8 Å². The number of nitrogens with zero attached hydrogens (tertiary/aromatic N) is 4. The van der Waals surface area contributed by atoms with Crippen LogP contribution in [0.15, 0.2) is 12.7 Å². The van der Waals surface area contributed by atoms with Crippen molar-refractivity contribution in [1.82, 2.24) is 30.2 Å². The van der Waals surface area contributed by atoms with Crippen molar-refractivity contribution in [3.63, 3.8) is 0 Å². The van der Waals surface area contributed by atoms with E-state index in [1.54, 1.807) is 0 Å². The zero-order valence-electron chi connectivity index (χ0n) is 44.2. The van der Waals surface area contributed by atoms with Crippen molar-refractivity contribution in [1.29, 1.82) is 0 Å². The largest absolute Gasteiger partial charge is 0.481 e. The molecule has 1 saturated heterocycles. The van der Waals surface area contributed by atoms with E-state index in [0.29, 0.717) is 12.2 Å². The molecule has 7 atom stereocenters. The number of rotatable bonds is 42. The summed E-state index contributed by atoms with van der Waals surface area (Å²) >= 11 is 1.16. The first-order valence-corrected chi connectivity index (χ1v) is 32.0. The SMILES string of the molecule is CC(C)CCCCCCCCCCCCCCCCCCCCCCC(=O)SCCNC(=O)CCNC(=O)[C@H](O)C(C)(C)COP(=O)(O)OP(=O)(O)OC[C@H]1O[C@@H](n2cnc3c(N)ncnc32)[C@H](O)[C@@H]1OP(=O)(O)O. The minimum atomic E-state index is -5.58. The lowest BCUT2D eigenvalue weighted by Crippen LogP contribution is -2.46. The van der Waals surface area contributed by atoms with Crippen molar-refractivity contribution < 1.29 is 80.5 Å². The molecular weight excluding hydrogens is 1060 g/mol. The summed E-state index contributed by atoms with van der Waals surface area (Å²) in [5.74, 6) is -0.175. The van der Waals surface area contributed by atoms with Gasteiger partial charge in [-0.3, -0.25) is 32.5 Å². The number of aliphatic hydroxyl groups excluding tert-OH is 2. The predicted molar refractivity (Wildman–Crippen MR) is 284 cm³/mol. The molecule has 0 radical (unpaired) electrons. The number of thioether (sulfide) groups is 1. The molecule has 2 amide bonds. The van der Waals surface area contributed by atoms with E-state index in [4.69, 9.17) is 19.5 Å². The van der Waals surface area contributed by atoms with Gasteiger partial charge < -0.3 is 50.9 Å². The van der Waals surface area contributed by atoms with E-state index in [1.807, 2.05) is 0 Å². The number of hydrogen-bond donors (Lipinski definition) is 9. The molecule has 75 heavy (non-hydrogen) atoms. The highest BCUT2D eigenvalue weighted by Crippen LogP contribution is 2.61. The summed E-state index contributed by atoms with van der Waals surface area (Å²) in [7, 11) is -16.4. The quantitative estimate of drug-likeness (QED) is 0.0225. The molecule has 28 heteroatoms. The number of nitrogens with one attached hydrogen (secondary N) is 2. The molecule has 1 aliphatic rings. The minimum absolute atomic E-state index is 0.0346. The van der Waals surface area contributed by atoms with E-state index in [1.165, 1.54) is 129 Å². The number of fused-ring (bicyclic) bond motifs is 1. The van der Waals surface area contributed by atoms with Crippen LogP contribution in [0, 0.1) is 11.3 Å². The van der Waals surface area contributed by atoms with Crippen molar-refractivity contribution in [2.24, 2.45) is 11.3 Å². The summed E-state index contributed by atoms with van der Waals surface area (Å²) in [4.78, 5) is 88.6. The molecule has 432 valence electrons. The fourth-order valence-electron chi connectivity index (χ4n) is 8.37. The Balaban J connectivity index is 1.20. The monoisotopic (exact) mass is 1150 g/mol. The summed E-state index contributed by atoms with van der Waals surface area (Å²) in [5, 5.41) is 26.7. The van der Waals surface area contributed by atoms with Crippen LogP contribution < -0.4 is 16.4 Å². The Kier molecular flexibility index (Phi) is 30.8.